The van der Waals surface area contributed by atoms with Crippen molar-refractivity contribution in [2.75, 3.05) is 12.4 Å². The van der Waals surface area contributed by atoms with Crippen LogP contribution in [0, 0.1) is 12.8 Å². The molecular weight excluding hydrogens is 278 g/mol. The van der Waals surface area contributed by atoms with Crippen molar-refractivity contribution in [2.45, 2.75) is 32.6 Å². The number of rotatable bonds is 6. The van der Waals surface area contributed by atoms with Crippen molar-refractivity contribution < 1.29 is 9.53 Å². The van der Waals surface area contributed by atoms with Gasteiger partial charge in [0, 0.05) is 5.92 Å². The van der Waals surface area contributed by atoms with Crippen LogP contribution >= 0.6 is 0 Å². The Labute approximate surface area is 130 Å². The van der Waals surface area contributed by atoms with Crippen LogP contribution in [-0.4, -0.2) is 23.2 Å². The second kappa shape index (κ2) is 6.22. The van der Waals surface area contributed by atoms with E-state index in [-0.39, 0.29) is 11.8 Å². The fraction of sp³-hybridized carbons (Fsp3) is 0.412. The number of ether oxygens (including phenoxy) is 1. The van der Waals surface area contributed by atoms with Crippen LogP contribution in [0.2, 0.25) is 0 Å². The molecule has 5 nitrogen and oxygen atoms in total. The van der Waals surface area contributed by atoms with Gasteiger partial charge in [-0.1, -0.05) is 12.1 Å². The lowest BCUT2D eigenvalue weighted by Crippen LogP contribution is -2.15. The van der Waals surface area contributed by atoms with Crippen LogP contribution in [0.4, 0.5) is 5.69 Å². The van der Waals surface area contributed by atoms with E-state index >= 15 is 0 Å². The number of aryl methyl sites for hydroxylation is 3. The lowest BCUT2D eigenvalue weighted by molar-refractivity contribution is -0.117. The monoisotopic (exact) mass is 299 g/mol. The Bertz CT molecular complexity index is 657. The van der Waals surface area contributed by atoms with Gasteiger partial charge in [0.25, 0.3) is 0 Å². The molecule has 1 aliphatic rings. The summed E-state index contributed by atoms with van der Waals surface area (Å²) in [6.07, 6.45) is 3.67. The number of nitrogens with one attached hydrogen (secondary N) is 2. The Balaban J connectivity index is 1.65. The zero-order valence-electron chi connectivity index (χ0n) is 13.0. The van der Waals surface area contributed by atoms with Crippen molar-refractivity contribution >= 4 is 11.6 Å². The summed E-state index contributed by atoms with van der Waals surface area (Å²) in [4.78, 5) is 12.0. The van der Waals surface area contributed by atoms with Crippen molar-refractivity contribution in [3.63, 3.8) is 0 Å². The molecule has 0 radical (unpaired) electrons. The molecule has 22 heavy (non-hydrogen) atoms. The largest absolute Gasteiger partial charge is 0.497 e. The van der Waals surface area contributed by atoms with Crippen molar-refractivity contribution in [1.29, 1.82) is 0 Å². The summed E-state index contributed by atoms with van der Waals surface area (Å²) >= 11 is 0. The quantitative estimate of drug-likeness (QED) is 0.862. The molecule has 1 aromatic carbocycles. The molecule has 1 aliphatic carbocycles. The number of carbonyl (C=O) groups is 1. The van der Waals surface area contributed by atoms with E-state index in [9.17, 15) is 4.79 Å². The molecule has 3 rings (SSSR count). The van der Waals surface area contributed by atoms with Gasteiger partial charge >= 0.3 is 0 Å². The van der Waals surface area contributed by atoms with Crippen molar-refractivity contribution in [3.05, 3.63) is 41.2 Å². The number of nitrogens with zero attached hydrogens (tertiary/aromatic N) is 1. The van der Waals surface area contributed by atoms with Gasteiger partial charge in [0.2, 0.25) is 5.91 Å². The lowest BCUT2D eigenvalue weighted by atomic mass is 10.1. The van der Waals surface area contributed by atoms with E-state index < -0.39 is 0 Å². The summed E-state index contributed by atoms with van der Waals surface area (Å²) in [7, 11) is 1.66. The summed E-state index contributed by atoms with van der Waals surface area (Å²) in [6, 6.07) is 8.03. The molecule has 1 fully saturated rings. The minimum atomic E-state index is 0.121. The SMILES string of the molecule is COc1ccc(CCc2n[nH]c(C)c2NC(=O)C2CC2)cc1. The molecule has 2 aromatic rings. The number of hydrogen-bond donors (Lipinski definition) is 2. The van der Waals surface area contributed by atoms with Crippen molar-refractivity contribution in [1.82, 2.24) is 10.2 Å². The van der Waals surface area contributed by atoms with Gasteiger partial charge in [0.1, 0.15) is 5.75 Å². The van der Waals surface area contributed by atoms with E-state index in [1.807, 2.05) is 19.1 Å². The number of methoxy groups -OCH3 is 1. The van der Waals surface area contributed by atoms with Crippen molar-refractivity contribution in [2.24, 2.45) is 5.92 Å². The summed E-state index contributed by atoms with van der Waals surface area (Å²) < 4.78 is 5.16. The number of carbonyl (C=O) groups excluding carboxylic acids is 1. The first-order valence-electron chi connectivity index (χ1n) is 7.65. The molecule has 0 saturated heterocycles. The van der Waals surface area contributed by atoms with Crippen LogP contribution in [0.5, 0.6) is 5.75 Å². The second-order valence-electron chi connectivity index (χ2n) is 5.78. The zero-order valence-corrected chi connectivity index (χ0v) is 13.0. The molecule has 1 saturated carbocycles. The smallest absolute Gasteiger partial charge is 0.227 e. The number of H-pyrrole nitrogens is 1. The van der Waals surface area contributed by atoms with E-state index in [1.165, 1.54) is 5.56 Å². The number of hydrogen-bond acceptors (Lipinski definition) is 3. The molecule has 0 bridgehead atoms. The minimum Gasteiger partial charge on any atom is -0.497 e. The highest BCUT2D eigenvalue weighted by molar-refractivity contribution is 5.95. The molecule has 0 spiro atoms. The third kappa shape index (κ3) is 3.30. The fourth-order valence-corrected chi connectivity index (χ4v) is 2.45. The van der Waals surface area contributed by atoms with Gasteiger partial charge in [-0.25, -0.2) is 0 Å². The van der Waals surface area contributed by atoms with Gasteiger partial charge in [-0.05, 0) is 50.3 Å². The fourth-order valence-electron chi connectivity index (χ4n) is 2.45. The average molecular weight is 299 g/mol. The average Bonchev–Trinajstić information content (AvgIpc) is 3.33. The third-order valence-electron chi connectivity index (χ3n) is 4.03. The molecule has 0 aliphatic heterocycles. The standard InChI is InChI=1S/C17H21N3O2/c1-11-16(18-17(21)13-6-7-13)15(20-19-11)10-5-12-3-8-14(22-2)9-4-12/h3-4,8-9,13H,5-7,10H2,1-2H3,(H,18,21)(H,19,20). The number of benzene rings is 1. The third-order valence-corrected chi connectivity index (χ3v) is 4.03. The van der Waals surface area contributed by atoms with Crippen LogP contribution in [-0.2, 0) is 17.6 Å². The highest BCUT2D eigenvalue weighted by Gasteiger charge is 2.30. The van der Waals surface area contributed by atoms with Crippen LogP contribution in [0.25, 0.3) is 0 Å². The Morgan fingerprint density at radius 2 is 2.05 bits per heavy atom. The van der Waals surface area contributed by atoms with Crippen LogP contribution in [0.1, 0.15) is 29.8 Å². The Kier molecular flexibility index (Phi) is 4.13. The van der Waals surface area contributed by atoms with Gasteiger partial charge in [-0.3, -0.25) is 9.89 Å². The highest BCUT2D eigenvalue weighted by atomic mass is 16.5. The first-order chi connectivity index (χ1) is 10.7. The summed E-state index contributed by atoms with van der Waals surface area (Å²) in [6.45, 7) is 1.94. The van der Waals surface area contributed by atoms with Gasteiger partial charge in [-0.15, -0.1) is 0 Å². The maximum absolute atomic E-state index is 12.0. The topological polar surface area (TPSA) is 67.0 Å². The molecular formula is C17H21N3O2. The van der Waals surface area contributed by atoms with Crippen LogP contribution in [0.15, 0.2) is 24.3 Å². The molecule has 1 aromatic heterocycles. The highest BCUT2D eigenvalue weighted by Crippen LogP contribution is 2.31. The molecule has 0 atom stereocenters. The molecule has 2 N–H and O–H groups in total. The summed E-state index contributed by atoms with van der Waals surface area (Å²) in [5.41, 5.74) is 3.91. The van der Waals surface area contributed by atoms with Crippen molar-refractivity contribution in [3.8, 4) is 5.75 Å². The van der Waals surface area contributed by atoms with E-state index in [0.717, 1.165) is 48.5 Å². The Hall–Kier alpha value is -2.30. The molecule has 1 heterocycles. The number of amides is 1. The summed E-state index contributed by atoms with van der Waals surface area (Å²) in [5.74, 6) is 1.18. The van der Waals surface area contributed by atoms with Gasteiger partial charge in [0.15, 0.2) is 0 Å². The Morgan fingerprint density at radius 1 is 1.32 bits per heavy atom. The first-order valence-corrected chi connectivity index (χ1v) is 7.65. The normalized spacial score (nSPS) is 13.9. The Morgan fingerprint density at radius 3 is 2.68 bits per heavy atom. The number of aromatic amines is 1. The lowest BCUT2D eigenvalue weighted by Gasteiger charge is -2.07. The number of anilines is 1. The van der Waals surface area contributed by atoms with Gasteiger partial charge in [0.05, 0.1) is 24.2 Å². The molecule has 0 unspecified atom stereocenters. The van der Waals surface area contributed by atoms with Crippen LogP contribution in [0.3, 0.4) is 0 Å². The van der Waals surface area contributed by atoms with Crippen LogP contribution < -0.4 is 10.1 Å². The minimum absolute atomic E-state index is 0.121. The summed E-state index contributed by atoms with van der Waals surface area (Å²) in [5, 5.41) is 10.3. The molecule has 1 amide bonds. The predicted molar refractivity (Wildman–Crippen MR) is 85.1 cm³/mol. The number of aromatic nitrogens is 2. The van der Waals surface area contributed by atoms with E-state index in [4.69, 9.17) is 4.74 Å². The zero-order chi connectivity index (χ0) is 15.5. The predicted octanol–water partition coefficient (Wildman–Crippen LogP) is 2.86. The molecule has 116 valence electrons. The van der Waals surface area contributed by atoms with Gasteiger partial charge in [-0.2, -0.15) is 5.10 Å². The van der Waals surface area contributed by atoms with E-state index in [0.29, 0.717) is 0 Å². The van der Waals surface area contributed by atoms with Gasteiger partial charge < -0.3 is 10.1 Å². The second-order valence-corrected chi connectivity index (χ2v) is 5.78. The maximum Gasteiger partial charge on any atom is 0.227 e. The first kappa shape index (κ1) is 14.6. The van der Waals surface area contributed by atoms with E-state index in [2.05, 4.69) is 27.6 Å². The molecule has 5 heteroatoms. The maximum atomic E-state index is 12.0. The van der Waals surface area contributed by atoms with E-state index in [1.54, 1.807) is 7.11 Å².